The summed E-state index contributed by atoms with van der Waals surface area (Å²) in [4.78, 5) is 24.2. The molecular weight excluding hydrogens is 352 g/mol. The standard InChI is InChI=1S/C19H20N2O4S/c1-12-4-3-5-17(13(12)2)19(23)21-26(24,25)16-10-6-14(7-11-16)18(22)20-15-8-9-15/h3-7,10-11,15H,8-9H2,1-2H3,(H,20,22)(H,21,23). The summed E-state index contributed by atoms with van der Waals surface area (Å²) < 4.78 is 27.0. The van der Waals surface area contributed by atoms with Crippen LogP contribution >= 0.6 is 0 Å². The van der Waals surface area contributed by atoms with Gasteiger partial charge in [-0.2, -0.15) is 0 Å². The predicted octanol–water partition coefficient (Wildman–Crippen LogP) is 2.31. The van der Waals surface area contributed by atoms with Crippen molar-refractivity contribution in [2.45, 2.75) is 37.6 Å². The van der Waals surface area contributed by atoms with Crippen LogP contribution in [0.25, 0.3) is 0 Å². The molecule has 0 atom stereocenters. The number of carbonyl (C=O) groups is 2. The number of hydrogen-bond donors (Lipinski definition) is 2. The largest absolute Gasteiger partial charge is 0.349 e. The van der Waals surface area contributed by atoms with Crippen LogP contribution in [-0.2, 0) is 10.0 Å². The highest BCUT2D eigenvalue weighted by Crippen LogP contribution is 2.20. The van der Waals surface area contributed by atoms with E-state index in [1.54, 1.807) is 19.1 Å². The zero-order valence-corrected chi connectivity index (χ0v) is 15.4. The first kappa shape index (κ1) is 18.1. The van der Waals surface area contributed by atoms with E-state index in [1.165, 1.54) is 24.3 Å². The van der Waals surface area contributed by atoms with Gasteiger partial charge in [-0.3, -0.25) is 9.59 Å². The molecule has 26 heavy (non-hydrogen) atoms. The number of carbonyl (C=O) groups excluding carboxylic acids is 2. The van der Waals surface area contributed by atoms with Crippen LogP contribution in [0.15, 0.2) is 47.4 Å². The van der Waals surface area contributed by atoms with E-state index >= 15 is 0 Å². The Bertz CT molecular complexity index is 962. The first-order valence-corrected chi connectivity index (χ1v) is 9.80. The van der Waals surface area contributed by atoms with Crippen molar-refractivity contribution in [1.29, 1.82) is 0 Å². The Morgan fingerprint density at radius 1 is 0.962 bits per heavy atom. The van der Waals surface area contributed by atoms with Gasteiger partial charge in [-0.05, 0) is 68.1 Å². The van der Waals surface area contributed by atoms with E-state index in [2.05, 4.69) is 10.0 Å². The maximum atomic E-state index is 12.4. The number of hydrogen-bond acceptors (Lipinski definition) is 4. The van der Waals surface area contributed by atoms with Crippen molar-refractivity contribution in [3.05, 3.63) is 64.7 Å². The minimum absolute atomic E-state index is 0.0703. The van der Waals surface area contributed by atoms with Crippen molar-refractivity contribution in [3.8, 4) is 0 Å². The molecular formula is C19H20N2O4S. The Balaban J connectivity index is 1.76. The lowest BCUT2D eigenvalue weighted by molar-refractivity contribution is 0.0948. The molecule has 2 aromatic carbocycles. The Labute approximate surface area is 152 Å². The highest BCUT2D eigenvalue weighted by atomic mass is 32.2. The lowest BCUT2D eigenvalue weighted by Crippen LogP contribution is -2.31. The van der Waals surface area contributed by atoms with Crippen LogP contribution in [0.1, 0.15) is 44.7 Å². The van der Waals surface area contributed by atoms with E-state index in [9.17, 15) is 18.0 Å². The summed E-state index contributed by atoms with van der Waals surface area (Å²) in [6, 6.07) is 10.9. The molecule has 0 saturated heterocycles. The lowest BCUT2D eigenvalue weighted by atomic mass is 10.0. The van der Waals surface area contributed by atoms with Crippen molar-refractivity contribution in [1.82, 2.24) is 10.0 Å². The Kier molecular flexibility index (Phi) is 4.82. The molecule has 0 spiro atoms. The Morgan fingerprint density at radius 2 is 1.62 bits per heavy atom. The number of aryl methyl sites for hydroxylation is 1. The van der Waals surface area contributed by atoms with Crippen LogP contribution < -0.4 is 10.0 Å². The zero-order valence-electron chi connectivity index (χ0n) is 14.6. The zero-order chi connectivity index (χ0) is 18.9. The predicted molar refractivity (Wildman–Crippen MR) is 97.5 cm³/mol. The van der Waals surface area contributed by atoms with Crippen LogP contribution in [-0.4, -0.2) is 26.3 Å². The molecule has 0 bridgehead atoms. The summed E-state index contributed by atoms with van der Waals surface area (Å²) in [6.45, 7) is 3.62. The first-order valence-electron chi connectivity index (χ1n) is 8.32. The molecule has 1 saturated carbocycles. The van der Waals surface area contributed by atoms with Crippen LogP contribution in [0.2, 0.25) is 0 Å². The maximum Gasteiger partial charge on any atom is 0.265 e. The van der Waals surface area contributed by atoms with Crippen LogP contribution in [0.4, 0.5) is 0 Å². The van der Waals surface area contributed by atoms with Gasteiger partial charge in [0.1, 0.15) is 0 Å². The minimum Gasteiger partial charge on any atom is -0.349 e. The minimum atomic E-state index is -4.02. The lowest BCUT2D eigenvalue weighted by Gasteiger charge is -2.11. The van der Waals surface area contributed by atoms with Gasteiger partial charge in [0, 0.05) is 17.2 Å². The highest BCUT2D eigenvalue weighted by molar-refractivity contribution is 7.90. The molecule has 1 aliphatic carbocycles. The Hall–Kier alpha value is -2.67. The van der Waals surface area contributed by atoms with Gasteiger partial charge >= 0.3 is 0 Å². The van der Waals surface area contributed by atoms with Gasteiger partial charge in [-0.1, -0.05) is 12.1 Å². The second kappa shape index (κ2) is 6.92. The molecule has 0 aliphatic heterocycles. The average Bonchev–Trinajstić information content (AvgIpc) is 3.41. The number of sulfonamides is 1. The van der Waals surface area contributed by atoms with Crippen molar-refractivity contribution in [2.24, 2.45) is 0 Å². The van der Waals surface area contributed by atoms with E-state index in [-0.39, 0.29) is 16.8 Å². The van der Waals surface area contributed by atoms with Crippen LogP contribution in [0.5, 0.6) is 0 Å². The third-order valence-corrected chi connectivity index (χ3v) is 5.76. The van der Waals surface area contributed by atoms with Crippen molar-refractivity contribution in [3.63, 3.8) is 0 Å². The van der Waals surface area contributed by atoms with Crippen molar-refractivity contribution in [2.75, 3.05) is 0 Å². The van der Waals surface area contributed by atoms with Gasteiger partial charge in [0.15, 0.2) is 0 Å². The van der Waals surface area contributed by atoms with Gasteiger partial charge < -0.3 is 5.32 Å². The summed E-state index contributed by atoms with van der Waals surface area (Å²) in [7, 11) is -4.02. The molecule has 0 radical (unpaired) electrons. The molecule has 2 N–H and O–H groups in total. The fourth-order valence-corrected chi connectivity index (χ4v) is 3.48. The Morgan fingerprint density at radius 3 is 2.23 bits per heavy atom. The third kappa shape index (κ3) is 3.94. The molecule has 3 rings (SSSR count). The van der Waals surface area contributed by atoms with E-state index < -0.39 is 15.9 Å². The second-order valence-electron chi connectivity index (χ2n) is 6.45. The molecule has 1 aliphatic rings. The molecule has 2 aromatic rings. The fraction of sp³-hybridized carbons (Fsp3) is 0.263. The monoisotopic (exact) mass is 372 g/mol. The smallest absolute Gasteiger partial charge is 0.265 e. The van der Waals surface area contributed by atoms with Crippen molar-refractivity contribution >= 4 is 21.8 Å². The topological polar surface area (TPSA) is 92.3 Å². The van der Waals surface area contributed by atoms with Gasteiger partial charge in [0.05, 0.1) is 4.90 Å². The van der Waals surface area contributed by atoms with E-state index in [4.69, 9.17) is 0 Å². The maximum absolute atomic E-state index is 12.4. The van der Waals surface area contributed by atoms with E-state index in [0.717, 1.165) is 24.0 Å². The highest BCUT2D eigenvalue weighted by Gasteiger charge is 2.24. The number of benzene rings is 2. The van der Waals surface area contributed by atoms with Crippen molar-refractivity contribution < 1.29 is 18.0 Å². The van der Waals surface area contributed by atoms with Crippen LogP contribution in [0.3, 0.4) is 0 Å². The molecule has 0 aromatic heterocycles. The second-order valence-corrected chi connectivity index (χ2v) is 8.14. The van der Waals surface area contributed by atoms with Gasteiger partial charge in [-0.25, -0.2) is 13.1 Å². The van der Waals surface area contributed by atoms with Gasteiger partial charge in [0.25, 0.3) is 21.8 Å². The number of rotatable bonds is 5. The molecule has 0 heterocycles. The fourth-order valence-electron chi connectivity index (χ4n) is 2.51. The first-order chi connectivity index (χ1) is 12.3. The molecule has 6 nitrogen and oxygen atoms in total. The summed E-state index contributed by atoms with van der Waals surface area (Å²) in [5, 5.41) is 2.84. The molecule has 7 heteroatoms. The van der Waals surface area contributed by atoms with Gasteiger partial charge in [-0.15, -0.1) is 0 Å². The molecule has 0 unspecified atom stereocenters. The third-order valence-electron chi connectivity index (χ3n) is 4.42. The normalized spacial score (nSPS) is 13.9. The molecule has 136 valence electrons. The summed E-state index contributed by atoms with van der Waals surface area (Å²) in [5.74, 6) is -0.905. The summed E-state index contributed by atoms with van der Waals surface area (Å²) >= 11 is 0. The SMILES string of the molecule is Cc1cccc(C(=O)NS(=O)(=O)c2ccc(C(=O)NC3CC3)cc2)c1C. The quantitative estimate of drug-likeness (QED) is 0.842. The van der Waals surface area contributed by atoms with E-state index in [0.29, 0.717) is 11.1 Å². The summed E-state index contributed by atoms with van der Waals surface area (Å²) in [6.07, 6.45) is 1.95. The molecule has 2 amide bonds. The number of nitrogens with one attached hydrogen (secondary N) is 2. The van der Waals surface area contributed by atoms with Gasteiger partial charge in [0.2, 0.25) is 0 Å². The average molecular weight is 372 g/mol. The molecule has 1 fully saturated rings. The van der Waals surface area contributed by atoms with E-state index in [1.807, 2.05) is 13.0 Å². The summed E-state index contributed by atoms with van der Waals surface area (Å²) in [5.41, 5.74) is 2.33. The van der Waals surface area contributed by atoms with Crippen LogP contribution in [0, 0.1) is 13.8 Å². The number of amides is 2.